The molecular formula is C72H48N4O12. The number of carbonyl (C=O) groups excluding carboxylic acids is 4. The van der Waals surface area contributed by atoms with E-state index in [9.17, 15) is 38.4 Å². The Labute approximate surface area is 500 Å². The lowest BCUT2D eigenvalue weighted by atomic mass is 9.97. The first-order valence-corrected chi connectivity index (χ1v) is 27.8. The highest BCUT2D eigenvalue weighted by atomic mass is 16.5. The average molecular weight is 1160 g/mol. The van der Waals surface area contributed by atoms with Crippen molar-refractivity contribution in [3.05, 3.63) is 293 Å². The van der Waals surface area contributed by atoms with E-state index in [1.165, 1.54) is 26.2 Å². The molecule has 0 spiro atoms. The van der Waals surface area contributed by atoms with Gasteiger partial charge in [-0.3, -0.25) is 47.8 Å². The van der Waals surface area contributed by atoms with Crippen LogP contribution in [0.1, 0.15) is 52.6 Å². The average Bonchev–Trinajstić information content (AvgIpc) is 4.45. The molecule has 2 aromatic heterocycles. The molecular weight excluding hydrogens is 1110 g/mol. The predicted octanol–water partition coefficient (Wildman–Crippen LogP) is 13.3. The van der Waals surface area contributed by atoms with Crippen LogP contribution in [0.5, 0.6) is 46.0 Å². The van der Waals surface area contributed by atoms with Crippen LogP contribution >= 0.6 is 0 Å². The van der Waals surface area contributed by atoms with Crippen molar-refractivity contribution in [1.82, 2.24) is 14.0 Å². The predicted molar refractivity (Wildman–Crippen MR) is 334 cm³/mol. The van der Waals surface area contributed by atoms with Gasteiger partial charge >= 0.3 is 0 Å². The summed E-state index contributed by atoms with van der Waals surface area (Å²) in [7, 11) is 2.81. The highest BCUT2D eigenvalue weighted by molar-refractivity contribution is 6.34. The number of aromatic nitrogens is 2. The van der Waals surface area contributed by atoms with Crippen molar-refractivity contribution in [2.24, 2.45) is 7.05 Å². The van der Waals surface area contributed by atoms with Crippen molar-refractivity contribution >= 4 is 50.9 Å². The number of fused-ring (bicyclic) bond motifs is 4. The Hall–Kier alpha value is -12.0. The van der Waals surface area contributed by atoms with E-state index in [4.69, 9.17) is 18.9 Å². The Morgan fingerprint density at radius 2 is 0.670 bits per heavy atom. The fraction of sp³-hybridized carbons (Fsp3) is 0.0556. The van der Waals surface area contributed by atoms with Crippen LogP contribution in [0, 0.1) is 13.8 Å². The second kappa shape index (κ2) is 22.2. The summed E-state index contributed by atoms with van der Waals surface area (Å²) < 4.78 is 25.9. The second-order valence-electron chi connectivity index (χ2n) is 21.2. The number of hydrogen-bond donors (Lipinski definition) is 0. The molecule has 2 aliphatic heterocycles. The summed E-state index contributed by atoms with van der Waals surface area (Å²) in [5.74, 6) is 3.37. The number of anilines is 1. The summed E-state index contributed by atoms with van der Waals surface area (Å²) in [6.07, 6.45) is 0. The zero-order valence-corrected chi connectivity index (χ0v) is 47.5. The largest absolute Gasteiger partial charge is 0.457 e. The van der Waals surface area contributed by atoms with Gasteiger partial charge in [-0.05, 0) is 175 Å². The minimum Gasteiger partial charge on any atom is -0.457 e. The van der Waals surface area contributed by atoms with Crippen molar-refractivity contribution in [3.63, 3.8) is 0 Å². The van der Waals surface area contributed by atoms with Gasteiger partial charge in [-0.1, -0.05) is 78.4 Å². The number of benzene rings is 10. The molecule has 10 aromatic carbocycles. The molecule has 0 radical (unpaired) electrons. The third-order valence-corrected chi connectivity index (χ3v) is 15.4. The maximum atomic E-state index is 13.5. The standard InChI is InChI=1S/2C36H24N2O6/c1-21-5-3-7-27(17-21)43-25-13-9-22(10-14-25)23-11-15-26(16-12-23)44-28-8-4-6-24(18-28)38-35(41)31-19-29-30(20-32(31)36(38)42)34(40)37(2)33(29)39;1-21-6-12-25(13-7-21)43-27-4-3-5-28(20-27)44-26-14-10-24(11-15-26)38-35(41)30-17-9-23(19-32(30)36(38)42)22-8-16-29-31(18-22)34(40)37(2)33(29)39/h2*3-20H,1-2H3. The fourth-order valence-corrected chi connectivity index (χ4v) is 10.7. The topological polar surface area (TPSA) is 190 Å². The third kappa shape index (κ3) is 10.3. The van der Waals surface area contributed by atoms with Crippen LogP contribution in [-0.2, 0) is 7.05 Å². The second-order valence-corrected chi connectivity index (χ2v) is 21.2. The van der Waals surface area contributed by atoms with E-state index in [1.54, 1.807) is 91.0 Å². The van der Waals surface area contributed by atoms with Gasteiger partial charge in [0.1, 0.15) is 46.0 Å². The molecule has 428 valence electrons. The molecule has 16 nitrogen and oxygen atoms in total. The van der Waals surface area contributed by atoms with Crippen molar-refractivity contribution < 1.29 is 38.1 Å². The molecule has 14 rings (SSSR count). The van der Waals surface area contributed by atoms with Crippen LogP contribution in [0.3, 0.4) is 0 Å². The number of rotatable bonds is 12. The summed E-state index contributed by atoms with van der Waals surface area (Å²) in [5.41, 5.74) is 5.38. The van der Waals surface area contributed by atoms with Gasteiger partial charge in [-0.15, -0.1) is 0 Å². The van der Waals surface area contributed by atoms with Gasteiger partial charge in [0.15, 0.2) is 0 Å². The SMILES string of the molecule is Cc1ccc(Oc2cccc(Oc3ccc(N4C(=O)c5ccc(-c6ccc7c(c6)C(=O)N(C)C7=O)cc5C4=O)cc3)c2)cc1.Cc1cccc(Oc2ccc(-c3ccc(Oc4cccc(-n5c(=O)c6cc7c(=O)n(C)c(=O)c7cc6c5=O)c4)cc3)cc2)c1. The molecule has 0 N–H and O–H groups in total. The normalized spacial score (nSPS) is 12.5. The minimum atomic E-state index is -0.570. The van der Waals surface area contributed by atoms with E-state index in [-0.39, 0.29) is 44.5 Å². The first-order valence-electron chi connectivity index (χ1n) is 27.8. The molecule has 16 heteroatoms. The van der Waals surface area contributed by atoms with Gasteiger partial charge in [0.25, 0.3) is 45.9 Å². The number of ether oxygens (including phenoxy) is 4. The van der Waals surface area contributed by atoms with Gasteiger partial charge in [-0.25, -0.2) is 9.47 Å². The zero-order chi connectivity index (χ0) is 61.1. The lowest BCUT2D eigenvalue weighted by molar-refractivity contribution is 0.0692. The minimum absolute atomic E-state index is 0.0851. The van der Waals surface area contributed by atoms with Crippen LogP contribution in [0.25, 0.3) is 49.5 Å². The van der Waals surface area contributed by atoms with E-state index in [1.807, 2.05) is 129 Å². The molecule has 0 unspecified atom stereocenters. The van der Waals surface area contributed by atoms with Crippen LogP contribution in [-0.4, -0.2) is 44.7 Å². The zero-order valence-electron chi connectivity index (χ0n) is 47.5. The Morgan fingerprint density at radius 3 is 1.18 bits per heavy atom. The van der Waals surface area contributed by atoms with Crippen LogP contribution in [0.15, 0.2) is 238 Å². The first kappa shape index (κ1) is 55.2. The molecule has 0 saturated heterocycles. The van der Waals surface area contributed by atoms with Crippen LogP contribution < -0.4 is 46.1 Å². The molecule has 2 aliphatic rings. The summed E-state index contributed by atoms with van der Waals surface area (Å²) >= 11 is 0. The van der Waals surface area contributed by atoms with Crippen molar-refractivity contribution in [1.29, 1.82) is 0 Å². The van der Waals surface area contributed by atoms with E-state index in [0.717, 1.165) is 58.4 Å². The number of aryl methyl sites for hydroxylation is 2. The Kier molecular flexibility index (Phi) is 13.9. The molecule has 0 aliphatic carbocycles. The summed E-state index contributed by atoms with van der Waals surface area (Å²) in [6, 6.07) is 64.3. The van der Waals surface area contributed by atoms with Gasteiger partial charge in [0, 0.05) is 26.2 Å². The maximum absolute atomic E-state index is 13.5. The number of carbonyl (C=O) groups is 4. The number of hydrogen-bond acceptors (Lipinski definition) is 12. The Bertz CT molecular complexity index is 5000. The van der Waals surface area contributed by atoms with Gasteiger partial charge in [0.2, 0.25) is 0 Å². The molecule has 0 saturated carbocycles. The molecule has 0 bridgehead atoms. The quantitative estimate of drug-likeness (QED) is 0.105. The molecule has 4 heterocycles. The van der Waals surface area contributed by atoms with Crippen LogP contribution in [0.2, 0.25) is 0 Å². The van der Waals surface area contributed by atoms with Crippen molar-refractivity contribution in [2.75, 3.05) is 11.9 Å². The Morgan fingerprint density at radius 1 is 0.284 bits per heavy atom. The first-order chi connectivity index (χ1) is 42.5. The molecule has 0 atom stereocenters. The van der Waals surface area contributed by atoms with Crippen LogP contribution in [0.4, 0.5) is 5.69 Å². The number of amides is 4. The molecule has 0 fully saturated rings. The molecule has 4 amide bonds. The summed E-state index contributed by atoms with van der Waals surface area (Å²) in [5, 5.41) is 0.404. The van der Waals surface area contributed by atoms with Gasteiger partial charge in [0.05, 0.1) is 55.2 Å². The monoisotopic (exact) mass is 1160 g/mol. The number of imide groups is 2. The van der Waals surface area contributed by atoms with E-state index >= 15 is 0 Å². The summed E-state index contributed by atoms with van der Waals surface area (Å²) in [6.45, 7) is 4.03. The lowest BCUT2D eigenvalue weighted by Gasteiger charge is -2.15. The Balaban J connectivity index is 0.000000162. The van der Waals surface area contributed by atoms with Gasteiger partial charge in [-0.2, -0.15) is 0 Å². The van der Waals surface area contributed by atoms with E-state index in [0.29, 0.717) is 62.4 Å². The van der Waals surface area contributed by atoms with Crippen molar-refractivity contribution in [3.8, 4) is 73.9 Å². The third-order valence-electron chi connectivity index (χ3n) is 15.4. The highest BCUT2D eigenvalue weighted by Crippen LogP contribution is 2.37. The van der Waals surface area contributed by atoms with Crippen molar-refractivity contribution in [2.45, 2.75) is 13.8 Å². The van der Waals surface area contributed by atoms with E-state index in [2.05, 4.69) is 0 Å². The highest BCUT2D eigenvalue weighted by Gasteiger charge is 2.38. The van der Waals surface area contributed by atoms with E-state index < -0.39 is 34.1 Å². The lowest BCUT2D eigenvalue weighted by Crippen LogP contribution is -2.29. The molecule has 88 heavy (non-hydrogen) atoms. The number of nitrogens with zero attached hydrogens (tertiary/aromatic N) is 4. The molecule has 12 aromatic rings. The fourth-order valence-electron chi connectivity index (χ4n) is 10.7. The van der Waals surface area contributed by atoms with Gasteiger partial charge < -0.3 is 18.9 Å². The maximum Gasteiger partial charge on any atom is 0.266 e. The smallest absolute Gasteiger partial charge is 0.266 e. The summed E-state index contributed by atoms with van der Waals surface area (Å²) in [4.78, 5) is 105.